The lowest BCUT2D eigenvalue weighted by Gasteiger charge is -2.31. The Morgan fingerprint density at radius 2 is 1.82 bits per heavy atom. The largest absolute Gasteiger partial charge is 0.326 e. The normalized spacial score (nSPS) is 18.0. The summed E-state index contributed by atoms with van der Waals surface area (Å²) in [6.45, 7) is 0.648. The number of hydrogen-bond donors (Lipinski definition) is 1. The summed E-state index contributed by atoms with van der Waals surface area (Å²) in [6, 6.07) is 15.3. The molecule has 1 saturated heterocycles. The molecule has 2 aromatic carbocycles. The van der Waals surface area contributed by atoms with Crippen LogP contribution in [0.15, 0.2) is 54.6 Å². The van der Waals surface area contributed by atoms with Crippen LogP contribution >= 0.6 is 0 Å². The number of aryl methyl sites for hydroxylation is 1. The first kappa shape index (κ1) is 20.5. The summed E-state index contributed by atoms with van der Waals surface area (Å²) in [5, 5.41) is 2.75. The van der Waals surface area contributed by atoms with Crippen LogP contribution in [-0.2, 0) is 21.2 Å². The molecule has 1 atom stereocenters. The van der Waals surface area contributed by atoms with E-state index in [4.69, 9.17) is 0 Å². The van der Waals surface area contributed by atoms with Crippen molar-refractivity contribution in [1.29, 1.82) is 0 Å². The number of carbonyl (C=O) groups is 1. The van der Waals surface area contributed by atoms with Crippen molar-refractivity contribution in [2.45, 2.75) is 25.7 Å². The minimum atomic E-state index is -3.39. The van der Waals surface area contributed by atoms with Gasteiger partial charge in [0.25, 0.3) is 0 Å². The lowest BCUT2D eigenvalue weighted by molar-refractivity contribution is -0.120. The average Bonchev–Trinajstić information content (AvgIpc) is 2.70. The van der Waals surface area contributed by atoms with Crippen molar-refractivity contribution >= 4 is 21.6 Å². The molecule has 0 aromatic heterocycles. The van der Waals surface area contributed by atoms with E-state index in [2.05, 4.69) is 5.32 Å². The van der Waals surface area contributed by atoms with Gasteiger partial charge in [0.05, 0.1) is 11.7 Å². The molecule has 1 unspecified atom stereocenters. The molecule has 0 aliphatic carbocycles. The molecule has 1 aliphatic rings. The van der Waals surface area contributed by atoms with E-state index in [9.17, 15) is 17.6 Å². The van der Waals surface area contributed by atoms with Crippen molar-refractivity contribution in [2.75, 3.05) is 24.2 Å². The molecule has 7 heteroatoms. The van der Waals surface area contributed by atoms with Crippen molar-refractivity contribution in [2.24, 2.45) is 5.92 Å². The van der Waals surface area contributed by atoms with Gasteiger partial charge < -0.3 is 5.32 Å². The zero-order chi connectivity index (χ0) is 20.0. The smallest absolute Gasteiger partial charge is 0.228 e. The predicted octanol–water partition coefficient (Wildman–Crippen LogP) is 3.44. The zero-order valence-electron chi connectivity index (χ0n) is 15.7. The third-order valence-electron chi connectivity index (χ3n) is 4.97. The van der Waals surface area contributed by atoms with Crippen molar-refractivity contribution < 1.29 is 17.6 Å². The third-order valence-corrected chi connectivity index (χ3v) is 6.89. The predicted molar refractivity (Wildman–Crippen MR) is 108 cm³/mol. The van der Waals surface area contributed by atoms with Crippen molar-refractivity contribution in [3.63, 3.8) is 0 Å². The van der Waals surface area contributed by atoms with Gasteiger partial charge in [-0.15, -0.1) is 0 Å². The van der Waals surface area contributed by atoms with E-state index >= 15 is 0 Å². The number of halogens is 1. The third kappa shape index (κ3) is 5.62. The fourth-order valence-electron chi connectivity index (χ4n) is 3.42. The molecule has 0 spiro atoms. The average molecular weight is 405 g/mol. The van der Waals surface area contributed by atoms with Gasteiger partial charge in [-0.3, -0.25) is 4.79 Å². The van der Waals surface area contributed by atoms with Crippen LogP contribution < -0.4 is 5.32 Å². The van der Waals surface area contributed by atoms with Gasteiger partial charge in [-0.05, 0) is 55.5 Å². The van der Waals surface area contributed by atoms with Crippen molar-refractivity contribution in [3.05, 3.63) is 66.0 Å². The molecule has 1 heterocycles. The number of amides is 1. The maximum atomic E-state index is 13.0. The molecule has 0 bridgehead atoms. The number of benzene rings is 2. The van der Waals surface area contributed by atoms with Crippen LogP contribution in [0.5, 0.6) is 0 Å². The lowest BCUT2D eigenvalue weighted by atomic mass is 9.99. The first-order valence-corrected chi connectivity index (χ1v) is 11.1. The summed E-state index contributed by atoms with van der Waals surface area (Å²) in [4.78, 5) is 12.5. The Bertz CT molecular complexity index is 886. The Kier molecular flexibility index (Phi) is 6.80. The Morgan fingerprint density at radius 3 is 2.54 bits per heavy atom. The highest BCUT2D eigenvalue weighted by molar-refractivity contribution is 7.89. The summed E-state index contributed by atoms with van der Waals surface area (Å²) in [7, 11) is -3.39. The molecule has 150 valence electrons. The summed E-state index contributed by atoms with van der Waals surface area (Å²) >= 11 is 0. The van der Waals surface area contributed by atoms with E-state index in [1.165, 1.54) is 28.6 Å². The van der Waals surface area contributed by atoms with Gasteiger partial charge in [0, 0.05) is 18.8 Å². The van der Waals surface area contributed by atoms with Gasteiger partial charge in [0.15, 0.2) is 0 Å². The van der Waals surface area contributed by atoms with E-state index in [-0.39, 0.29) is 24.0 Å². The van der Waals surface area contributed by atoms with E-state index in [1.54, 1.807) is 0 Å². The van der Waals surface area contributed by atoms with Gasteiger partial charge in [-0.25, -0.2) is 17.1 Å². The van der Waals surface area contributed by atoms with Gasteiger partial charge in [0.2, 0.25) is 15.9 Å². The number of nitrogens with zero attached hydrogens (tertiary/aromatic N) is 1. The maximum Gasteiger partial charge on any atom is 0.228 e. The van der Waals surface area contributed by atoms with Crippen LogP contribution in [0.3, 0.4) is 0 Å². The SMILES string of the molecule is O=C(Nc1ccc(F)cc1)C1CCCN(S(=O)(=O)CCCc2ccccc2)C1. The second-order valence-corrected chi connectivity index (χ2v) is 9.19. The lowest BCUT2D eigenvalue weighted by Crippen LogP contribution is -2.44. The fourth-order valence-corrected chi connectivity index (χ4v) is 5.00. The molecule has 5 nitrogen and oxygen atoms in total. The van der Waals surface area contributed by atoms with Crippen LogP contribution in [0.1, 0.15) is 24.8 Å². The second-order valence-electron chi connectivity index (χ2n) is 7.10. The molecular weight excluding hydrogens is 379 g/mol. The monoisotopic (exact) mass is 404 g/mol. The van der Waals surface area contributed by atoms with Gasteiger partial charge in [0.1, 0.15) is 5.82 Å². The Hall–Kier alpha value is -2.25. The van der Waals surface area contributed by atoms with Crippen LogP contribution in [0.2, 0.25) is 0 Å². The van der Waals surface area contributed by atoms with Crippen molar-refractivity contribution in [1.82, 2.24) is 4.31 Å². The standard InChI is InChI=1S/C21H25FN2O3S/c22-19-10-12-20(13-11-19)23-21(25)18-9-4-14-24(16-18)28(26,27)15-5-8-17-6-2-1-3-7-17/h1-3,6-7,10-13,18H,4-5,8-9,14-16H2,(H,23,25). The topological polar surface area (TPSA) is 66.5 Å². The van der Waals surface area contributed by atoms with Gasteiger partial charge in [-0.1, -0.05) is 30.3 Å². The number of piperidine rings is 1. The fraction of sp³-hybridized carbons (Fsp3) is 0.381. The van der Waals surface area contributed by atoms with Crippen LogP contribution in [0, 0.1) is 11.7 Å². The highest BCUT2D eigenvalue weighted by Gasteiger charge is 2.32. The molecule has 3 rings (SSSR count). The molecule has 0 radical (unpaired) electrons. The van der Waals surface area contributed by atoms with Crippen LogP contribution in [0.4, 0.5) is 10.1 Å². The summed E-state index contributed by atoms with van der Waals surface area (Å²) in [5.41, 5.74) is 1.63. The molecule has 1 aliphatic heterocycles. The number of nitrogens with one attached hydrogen (secondary N) is 1. The molecule has 1 amide bonds. The summed E-state index contributed by atoms with van der Waals surface area (Å²) < 4.78 is 39.8. The minimum Gasteiger partial charge on any atom is -0.326 e. The van der Waals surface area contributed by atoms with E-state index < -0.39 is 15.9 Å². The molecule has 28 heavy (non-hydrogen) atoms. The Balaban J connectivity index is 1.53. The molecule has 2 aromatic rings. The maximum absolute atomic E-state index is 13.0. The molecule has 1 N–H and O–H groups in total. The van der Waals surface area contributed by atoms with E-state index in [0.29, 0.717) is 37.9 Å². The number of sulfonamides is 1. The van der Waals surface area contributed by atoms with E-state index in [0.717, 1.165) is 5.56 Å². The molecule has 0 saturated carbocycles. The summed E-state index contributed by atoms with van der Waals surface area (Å²) in [6.07, 6.45) is 2.56. The minimum absolute atomic E-state index is 0.0776. The Morgan fingerprint density at radius 1 is 1.11 bits per heavy atom. The van der Waals surface area contributed by atoms with Crippen LogP contribution in [0.25, 0.3) is 0 Å². The summed E-state index contributed by atoms with van der Waals surface area (Å²) in [5.74, 6) is -0.921. The molecule has 1 fully saturated rings. The second kappa shape index (κ2) is 9.30. The Labute approximate surface area is 165 Å². The molecular formula is C21H25FN2O3S. The number of anilines is 1. The quantitative estimate of drug-likeness (QED) is 0.769. The highest BCUT2D eigenvalue weighted by Crippen LogP contribution is 2.22. The highest BCUT2D eigenvalue weighted by atomic mass is 32.2. The number of hydrogen-bond acceptors (Lipinski definition) is 3. The van der Waals surface area contributed by atoms with Crippen molar-refractivity contribution in [3.8, 4) is 0 Å². The number of carbonyl (C=O) groups excluding carboxylic acids is 1. The first-order valence-electron chi connectivity index (χ1n) is 9.52. The first-order chi connectivity index (χ1) is 13.4. The number of rotatable bonds is 7. The van der Waals surface area contributed by atoms with Crippen LogP contribution in [-0.4, -0.2) is 37.5 Å². The zero-order valence-corrected chi connectivity index (χ0v) is 16.5. The van der Waals surface area contributed by atoms with Gasteiger partial charge >= 0.3 is 0 Å². The van der Waals surface area contributed by atoms with Gasteiger partial charge in [-0.2, -0.15) is 0 Å². The van der Waals surface area contributed by atoms with E-state index in [1.807, 2.05) is 30.3 Å².